The minimum absolute atomic E-state index is 0.336. The van der Waals surface area contributed by atoms with Crippen LogP contribution in [0.15, 0.2) is 53.6 Å². The number of rotatable bonds is 5. The summed E-state index contributed by atoms with van der Waals surface area (Å²) in [5.41, 5.74) is 3.73. The standard InChI is InChI=1S/C16H11Cl2N5OS/c17-11-3-1-10(2-4-11)15(24)22-19-9-14-21-23-16(25-14)20-13-7-5-12(18)6-8-13/h1-9H,(H,20,23)(H,22,24)/b19-9-. The number of hydrogen-bond acceptors (Lipinski definition) is 6. The molecular weight excluding hydrogens is 381 g/mol. The van der Waals surface area contributed by atoms with Crippen LogP contribution in [0.1, 0.15) is 15.4 Å². The van der Waals surface area contributed by atoms with Crippen molar-refractivity contribution < 1.29 is 4.79 Å². The molecule has 6 nitrogen and oxygen atoms in total. The minimum atomic E-state index is -0.336. The molecule has 25 heavy (non-hydrogen) atoms. The number of aromatic nitrogens is 2. The topological polar surface area (TPSA) is 79.3 Å². The molecule has 3 rings (SSSR count). The monoisotopic (exact) mass is 391 g/mol. The van der Waals surface area contributed by atoms with E-state index in [2.05, 4.69) is 26.0 Å². The largest absolute Gasteiger partial charge is 0.330 e. The van der Waals surface area contributed by atoms with Crippen molar-refractivity contribution in [3.05, 3.63) is 69.1 Å². The van der Waals surface area contributed by atoms with Crippen LogP contribution in [-0.2, 0) is 0 Å². The van der Waals surface area contributed by atoms with Crippen molar-refractivity contribution in [2.75, 3.05) is 5.32 Å². The first-order valence-corrected chi connectivity index (χ1v) is 8.62. The second kappa shape index (κ2) is 8.06. The van der Waals surface area contributed by atoms with Crippen LogP contribution in [0.25, 0.3) is 0 Å². The number of hydrazone groups is 1. The van der Waals surface area contributed by atoms with E-state index in [4.69, 9.17) is 23.2 Å². The zero-order chi connectivity index (χ0) is 17.6. The van der Waals surface area contributed by atoms with Gasteiger partial charge in [0.1, 0.15) is 0 Å². The van der Waals surface area contributed by atoms with Gasteiger partial charge in [-0.15, -0.1) is 10.2 Å². The Kier molecular flexibility index (Phi) is 5.60. The number of anilines is 2. The Morgan fingerprint density at radius 2 is 1.64 bits per heavy atom. The van der Waals surface area contributed by atoms with E-state index >= 15 is 0 Å². The van der Waals surface area contributed by atoms with Crippen LogP contribution in [-0.4, -0.2) is 22.3 Å². The number of amides is 1. The summed E-state index contributed by atoms with van der Waals surface area (Å²) in [6.07, 6.45) is 1.43. The maximum Gasteiger partial charge on any atom is 0.271 e. The van der Waals surface area contributed by atoms with E-state index in [1.54, 1.807) is 36.4 Å². The predicted octanol–water partition coefficient (Wildman–Crippen LogP) is 4.35. The van der Waals surface area contributed by atoms with Crippen molar-refractivity contribution in [1.29, 1.82) is 0 Å². The van der Waals surface area contributed by atoms with E-state index in [0.29, 0.717) is 25.7 Å². The van der Waals surface area contributed by atoms with Crippen LogP contribution in [0.3, 0.4) is 0 Å². The number of nitrogens with one attached hydrogen (secondary N) is 2. The number of carbonyl (C=O) groups is 1. The summed E-state index contributed by atoms with van der Waals surface area (Å²) in [6, 6.07) is 13.7. The molecule has 0 radical (unpaired) electrons. The van der Waals surface area contributed by atoms with Crippen molar-refractivity contribution >= 4 is 57.5 Å². The normalized spacial score (nSPS) is 10.8. The van der Waals surface area contributed by atoms with Crippen LogP contribution >= 0.6 is 34.5 Å². The molecule has 1 heterocycles. The van der Waals surface area contributed by atoms with Gasteiger partial charge < -0.3 is 5.32 Å². The van der Waals surface area contributed by atoms with Crippen molar-refractivity contribution in [3.8, 4) is 0 Å². The highest BCUT2D eigenvalue weighted by Gasteiger charge is 2.05. The number of carbonyl (C=O) groups excluding carboxylic acids is 1. The molecule has 1 aromatic heterocycles. The lowest BCUT2D eigenvalue weighted by molar-refractivity contribution is 0.0955. The van der Waals surface area contributed by atoms with Crippen molar-refractivity contribution in [2.45, 2.75) is 0 Å². The Morgan fingerprint density at radius 1 is 1.00 bits per heavy atom. The Labute approximate surface area is 157 Å². The van der Waals surface area contributed by atoms with Gasteiger partial charge in [0.05, 0.1) is 6.21 Å². The molecule has 0 aliphatic heterocycles. The maximum absolute atomic E-state index is 11.9. The molecule has 0 spiro atoms. The van der Waals surface area contributed by atoms with Gasteiger partial charge in [-0.2, -0.15) is 5.10 Å². The van der Waals surface area contributed by atoms with E-state index in [0.717, 1.165) is 5.69 Å². The molecule has 0 aliphatic rings. The summed E-state index contributed by atoms with van der Waals surface area (Å²) in [5, 5.41) is 17.3. The van der Waals surface area contributed by atoms with Crippen LogP contribution in [0, 0.1) is 0 Å². The summed E-state index contributed by atoms with van der Waals surface area (Å²) >= 11 is 12.9. The zero-order valence-electron chi connectivity index (χ0n) is 12.6. The molecule has 9 heteroatoms. The molecule has 2 N–H and O–H groups in total. The number of nitrogens with zero attached hydrogens (tertiary/aromatic N) is 3. The van der Waals surface area contributed by atoms with E-state index in [-0.39, 0.29) is 5.91 Å². The minimum Gasteiger partial charge on any atom is -0.330 e. The van der Waals surface area contributed by atoms with Gasteiger partial charge in [0.25, 0.3) is 5.91 Å². The van der Waals surface area contributed by atoms with Gasteiger partial charge in [0.15, 0.2) is 5.01 Å². The molecule has 126 valence electrons. The Bertz CT molecular complexity index is 894. The van der Waals surface area contributed by atoms with Gasteiger partial charge in [0, 0.05) is 21.3 Å². The smallest absolute Gasteiger partial charge is 0.271 e. The lowest BCUT2D eigenvalue weighted by Crippen LogP contribution is -2.17. The van der Waals surface area contributed by atoms with Gasteiger partial charge in [-0.1, -0.05) is 34.5 Å². The molecule has 1 amide bonds. The predicted molar refractivity (Wildman–Crippen MR) is 101 cm³/mol. The highest BCUT2D eigenvalue weighted by Crippen LogP contribution is 2.21. The summed E-state index contributed by atoms with van der Waals surface area (Å²) < 4.78 is 0. The molecule has 0 bridgehead atoms. The van der Waals surface area contributed by atoms with Gasteiger partial charge in [-0.25, -0.2) is 5.43 Å². The lowest BCUT2D eigenvalue weighted by atomic mass is 10.2. The fraction of sp³-hybridized carbons (Fsp3) is 0. The first-order chi connectivity index (χ1) is 12.1. The first-order valence-electron chi connectivity index (χ1n) is 7.05. The van der Waals surface area contributed by atoms with Gasteiger partial charge in [-0.05, 0) is 48.5 Å². The molecule has 0 aliphatic carbocycles. The summed E-state index contributed by atoms with van der Waals surface area (Å²) in [6.45, 7) is 0. The molecule has 0 saturated heterocycles. The van der Waals surface area contributed by atoms with Crippen LogP contribution in [0.2, 0.25) is 10.0 Å². The zero-order valence-corrected chi connectivity index (χ0v) is 14.9. The van der Waals surface area contributed by atoms with Crippen LogP contribution in [0.4, 0.5) is 10.8 Å². The number of hydrogen-bond donors (Lipinski definition) is 2. The SMILES string of the molecule is O=C(N/N=C\c1nnc(Nc2ccc(Cl)cc2)s1)c1ccc(Cl)cc1. The molecule has 0 saturated carbocycles. The molecule has 0 atom stereocenters. The van der Waals surface area contributed by atoms with Crippen molar-refractivity contribution in [2.24, 2.45) is 5.10 Å². The van der Waals surface area contributed by atoms with Gasteiger partial charge in [0.2, 0.25) is 5.13 Å². The van der Waals surface area contributed by atoms with Crippen LogP contribution < -0.4 is 10.7 Å². The van der Waals surface area contributed by atoms with Crippen molar-refractivity contribution in [3.63, 3.8) is 0 Å². The first kappa shape index (κ1) is 17.3. The maximum atomic E-state index is 11.9. The van der Waals surface area contributed by atoms with E-state index in [1.165, 1.54) is 17.6 Å². The van der Waals surface area contributed by atoms with E-state index < -0.39 is 0 Å². The third-order valence-electron chi connectivity index (χ3n) is 2.98. The average Bonchev–Trinajstić information content (AvgIpc) is 3.05. The fourth-order valence-electron chi connectivity index (χ4n) is 1.81. The molecule has 2 aromatic carbocycles. The number of benzene rings is 2. The second-order valence-electron chi connectivity index (χ2n) is 4.78. The van der Waals surface area contributed by atoms with Crippen LogP contribution in [0.5, 0.6) is 0 Å². The Balaban J connectivity index is 1.57. The summed E-state index contributed by atoms with van der Waals surface area (Å²) in [7, 11) is 0. The molecule has 0 fully saturated rings. The van der Waals surface area contributed by atoms with Crippen molar-refractivity contribution in [1.82, 2.24) is 15.6 Å². The highest BCUT2D eigenvalue weighted by molar-refractivity contribution is 7.16. The van der Waals surface area contributed by atoms with E-state index in [9.17, 15) is 4.79 Å². The lowest BCUT2D eigenvalue weighted by Gasteiger charge is -2.00. The summed E-state index contributed by atoms with van der Waals surface area (Å²) in [4.78, 5) is 11.9. The second-order valence-corrected chi connectivity index (χ2v) is 6.67. The highest BCUT2D eigenvalue weighted by atomic mass is 35.5. The Morgan fingerprint density at radius 3 is 2.32 bits per heavy atom. The fourth-order valence-corrected chi connectivity index (χ4v) is 2.69. The number of halogens is 2. The van der Waals surface area contributed by atoms with Gasteiger partial charge >= 0.3 is 0 Å². The van der Waals surface area contributed by atoms with Gasteiger partial charge in [-0.3, -0.25) is 4.79 Å². The average molecular weight is 392 g/mol. The summed E-state index contributed by atoms with van der Waals surface area (Å²) in [5.74, 6) is -0.336. The third-order valence-corrected chi connectivity index (χ3v) is 4.26. The third kappa shape index (κ3) is 4.99. The van der Waals surface area contributed by atoms with E-state index in [1.807, 2.05) is 12.1 Å². The molecular formula is C16H11Cl2N5OS. The Hall–Kier alpha value is -2.48. The molecule has 0 unspecified atom stereocenters. The molecule has 3 aromatic rings. The quantitative estimate of drug-likeness (QED) is 0.500.